The summed E-state index contributed by atoms with van der Waals surface area (Å²) in [5.74, 6) is -0.896. The highest BCUT2D eigenvalue weighted by Gasteiger charge is 2.12. The Morgan fingerprint density at radius 2 is 2.25 bits per heavy atom. The summed E-state index contributed by atoms with van der Waals surface area (Å²) in [6, 6.07) is 7.20. The molecule has 0 saturated heterocycles. The number of aromatic amines is 1. The summed E-state index contributed by atoms with van der Waals surface area (Å²) in [6.07, 6.45) is -0.0754. The molecule has 0 aliphatic rings. The Bertz CT molecular complexity index is 536. The predicted molar refractivity (Wildman–Crippen MR) is 65.2 cm³/mol. The summed E-state index contributed by atoms with van der Waals surface area (Å²) in [4.78, 5) is 13.7. The Kier molecular flexibility index (Phi) is 2.98. The minimum absolute atomic E-state index is 0.0754. The van der Waals surface area contributed by atoms with Gasteiger partial charge in [0.2, 0.25) is 0 Å². The molecule has 0 amide bonds. The highest BCUT2D eigenvalue weighted by molar-refractivity contribution is 9.10. The molecule has 0 fully saturated rings. The van der Waals surface area contributed by atoms with Crippen molar-refractivity contribution < 1.29 is 9.90 Å². The van der Waals surface area contributed by atoms with Crippen molar-refractivity contribution in [3.63, 3.8) is 0 Å². The topological polar surface area (TPSA) is 79.1 Å². The first-order valence-electron chi connectivity index (χ1n) is 4.82. The number of carboxylic acid groups (broad SMARTS) is 1. The molecule has 16 heavy (non-hydrogen) atoms. The second kappa shape index (κ2) is 4.27. The van der Waals surface area contributed by atoms with Crippen LogP contribution in [-0.4, -0.2) is 16.1 Å². The van der Waals surface area contributed by atoms with E-state index in [2.05, 4.69) is 20.9 Å². The maximum atomic E-state index is 10.6. The standard InChI is InChI=1S/C11H11BrN2O2/c12-7-1-2-9-6(3-7)4-10(14-9)8(13)5-11(15)16/h1-4,8,14H,5,13H2,(H,15,16). The highest BCUT2D eigenvalue weighted by Crippen LogP contribution is 2.23. The second-order valence-corrected chi connectivity index (χ2v) is 4.58. The number of fused-ring (bicyclic) bond motifs is 1. The van der Waals surface area contributed by atoms with Gasteiger partial charge in [0.15, 0.2) is 0 Å². The number of nitrogens with two attached hydrogens (primary N) is 1. The summed E-state index contributed by atoms with van der Waals surface area (Å²) < 4.78 is 0.984. The molecule has 0 radical (unpaired) electrons. The molecule has 4 N–H and O–H groups in total. The van der Waals surface area contributed by atoms with E-state index in [-0.39, 0.29) is 6.42 Å². The molecule has 1 aromatic carbocycles. The van der Waals surface area contributed by atoms with Crippen LogP contribution in [0.25, 0.3) is 10.9 Å². The SMILES string of the molecule is NC(CC(=O)O)c1cc2cc(Br)ccc2[nH]1. The van der Waals surface area contributed by atoms with E-state index in [1.54, 1.807) is 0 Å². The lowest BCUT2D eigenvalue weighted by molar-refractivity contribution is -0.137. The second-order valence-electron chi connectivity index (χ2n) is 3.66. The van der Waals surface area contributed by atoms with Crippen molar-refractivity contribution in [2.45, 2.75) is 12.5 Å². The van der Waals surface area contributed by atoms with E-state index in [0.29, 0.717) is 0 Å². The average Bonchev–Trinajstić information content (AvgIpc) is 2.59. The molecule has 1 atom stereocenters. The Balaban J connectivity index is 2.35. The van der Waals surface area contributed by atoms with E-state index in [1.807, 2.05) is 24.3 Å². The Morgan fingerprint density at radius 3 is 2.94 bits per heavy atom. The number of nitrogens with one attached hydrogen (secondary N) is 1. The minimum atomic E-state index is -0.896. The van der Waals surface area contributed by atoms with Gasteiger partial charge in [-0.1, -0.05) is 15.9 Å². The van der Waals surface area contributed by atoms with Gasteiger partial charge in [0.1, 0.15) is 0 Å². The largest absolute Gasteiger partial charge is 0.481 e. The summed E-state index contributed by atoms with van der Waals surface area (Å²) in [7, 11) is 0. The number of carboxylic acids is 1. The highest BCUT2D eigenvalue weighted by atomic mass is 79.9. The number of aliphatic carboxylic acids is 1. The maximum absolute atomic E-state index is 10.6. The molecule has 1 heterocycles. The van der Waals surface area contributed by atoms with Gasteiger partial charge in [-0.2, -0.15) is 0 Å². The fourth-order valence-electron chi connectivity index (χ4n) is 1.62. The van der Waals surface area contributed by atoms with E-state index >= 15 is 0 Å². The molecule has 84 valence electrons. The van der Waals surface area contributed by atoms with Crippen LogP contribution in [-0.2, 0) is 4.79 Å². The van der Waals surface area contributed by atoms with E-state index in [0.717, 1.165) is 21.1 Å². The van der Waals surface area contributed by atoms with Crippen molar-refractivity contribution in [2.24, 2.45) is 5.73 Å². The number of carbonyl (C=O) groups is 1. The molecule has 1 aromatic heterocycles. The third-order valence-corrected chi connectivity index (χ3v) is 2.89. The zero-order valence-electron chi connectivity index (χ0n) is 8.40. The smallest absolute Gasteiger partial charge is 0.305 e. The van der Waals surface area contributed by atoms with Crippen LogP contribution in [0.5, 0.6) is 0 Å². The van der Waals surface area contributed by atoms with E-state index in [4.69, 9.17) is 10.8 Å². The van der Waals surface area contributed by atoms with Gasteiger partial charge in [0.05, 0.1) is 12.5 Å². The van der Waals surface area contributed by atoms with E-state index in [1.165, 1.54) is 0 Å². The molecule has 0 spiro atoms. The van der Waals surface area contributed by atoms with Gasteiger partial charge in [0.25, 0.3) is 0 Å². The van der Waals surface area contributed by atoms with Crippen LogP contribution < -0.4 is 5.73 Å². The van der Waals surface area contributed by atoms with Crippen LogP contribution in [0.15, 0.2) is 28.7 Å². The van der Waals surface area contributed by atoms with Gasteiger partial charge in [-0.15, -0.1) is 0 Å². The summed E-state index contributed by atoms with van der Waals surface area (Å²) >= 11 is 3.38. The van der Waals surface area contributed by atoms with Gasteiger partial charge < -0.3 is 15.8 Å². The molecule has 0 saturated carbocycles. The molecule has 0 aliphatic carbocycles. The first kappa shape index (κ1) is 11.2. The van der Waals surface area contributed by atoms with E-state index in [9.17, 15) is 4.79 Å². The zero-order chi connectivity index (χ0) is 11.7. The number of aromatic nitrogens is 1. The molecule has 5 heteroatoms. The molecule has 0 aliphatic heterocycles. The minimum Gasteiger partial charge on any atom is -0.481 e. The summed E-state index contributed by atoms with van der Waals surface area (Å²) in [5.41, 5.74) is 7.48. The average molecular weight is 283 g/mol. The monoisotopic (exact) mass is 282 g/mol. The van der Waals surface area contributed by atoms with Crippen LogP contribution in [0.1, 0.15) is 18.2 Å². The third-order valence-electron chi connectivity index (χ3n) is 2.40. The van der Waals surface area contributed by atoms with Crippen LogP contribution in [0.4, 0.5) is 0 Å². The Labute approximate surface area is 101 Å². The normalized spacial score (nSPS) is 12.9. The molecule has 1 unspecified atom stereocenters. The van der Waals surface area contributed by atoms with Crippen molar-refractivity contribution in [1.29, 1.82) is 0 Å². The van der Waals surface area contributed by atoms with Crippen molar-refractivity contribution in [1.82, 2.24) is 4.98 Å². The molecule has 4 nitrogen and oxygen atoms in total. The Hall–Kier alpha value is -1.33. The summed E-state index contributed by atoms with van der Waals surface area (Å²) in [6.45, 7) is 0. The van der Waals surface area contributed by atoms with Crippen LogP contribution >= 0.6 is 15.9 Å². The first-order valence-corrected chi connectivity index (χ1v) is 5.61. The number of H-pyrrole nitrogens is 1. The summed E-state index contributed by atoms with van der Waals surface area (Å²) in [5, 5.41) is 9.68. The fourth-order valence-corrected chi connectivity index (χ4v) is 2.00. The lowest BCUT2D eigenvalue weighted by Gasteiger charge is -2.05. The zero-order valence-corrected chi connectivity index (χ0v) is 9.99. The number of rotatable bonds is 3. The van der Waals surface area contributed by atoms with Crippen molar-refractivity contribution in [3.05, 3.63) is 34.4 Å². The van der Waals surface area contributed by atoms with Crippen LogP contribution in [0.3, 0.4) is 0 Å². The van der Waals surface area contributed by atoms with Gasteiger partial charge in [-0.3, -0.25) is 4.79 Å². The number of hydrogen-bond donors (Lipinski definition) is 3. The van der Waals surface area contributed by atoms with Crippen molar-refractivity contribution in [2.75, 3.05) is 0 Å². The number of halogens is 1. The molecule has 2 aromatic rings. The number of benzene rings is 1. The first-order chi connectivity index (χ1) is 7.56. The van der Waals surface area contributed by atoms with Gasteiger partial charge in [0, 0.05) is 21.1 Å². The number of hydrogen-bond acceptors (Lipinski definition) is 2. The maximum Gasteiger partial charge on any atom is 0.305 e. The molecular weight excluding hydrogens is 272 g/mol. The molecule has 0 bridgehead atoms. The van der Waals surface area contributed by atoms with Crippen molar-refractivity contribution in [3.8, 4) is 0 Å². The van der Waals surface area contributed by atoms with Crippen LogP contribution in [0, 0.1) is 0 Å². The Morgan fingerprint density at radius 1 is 1.50 bits per heavy atom. The predicted octanol–water partition coefficient (Wildman–Crippen LogP) is 2.40. The van der Waals surface area contributed by atoms with Crippen molar-refractivity contribution >= 4 is 32.8 Å². The lowest BCUT2D eigenvalue weighted by Crippen LogP contribution is -2.15. The van der Waals surface area contributed by atoms with Gasteiger partial charge in [-0.05, 0) is 24.3 Å². The van der Waals surface area contributed by atoms with Gasteiger partial charge >= 0.3 is 5.97 Å². The quantitative estimate of drug-likeness (QED) is 0.809. The molecule has 2 rings (SSSR count). The van der Waals surface area contributed by atoms with E-state index < -0.39 is 12.0 Å². The van der Waals surface area contributed by atoms with Gasteiger partial charge in [-0.25, -0.2) is 0 Å². The third kappa shape index (κ3) is 2.25. The van der Waals surface area contributed by atoms with Crippen LogP contribution in [0.2, 0.25) is 0 Å². The fraction of sp³-hybridized carbons (Fsp3) is 0.182. The molecular formula is C11H11BrN2O2. The lowest BCUT2D eigenvalue weighted by atomic mass is 10.1.